The molecule has 1 aliphatic carbocycles. The molecule has 10 nitrogen and oxygen atoms in total. The molecule has 2 aromatic rings. The molecular weight excluding hydrogens is 530 g/mol. The van der Waals surface area contributed by atoms with Gasteiger partial charge < -0.3 is 19.7 Å². The second kappa shape index (κ2) is 13.9. The van der Waals surface area contributed by atoms with E-state index in [-0.39, 0.29) is 6.10 Å². The highest BCUT2D eigenvalue weighted by molar-refractivity contribution is 5.73. The molecule has 0 aromatic carbocycles. The number of pyridine rings is 1. The second-order valence-electron chi connectivity index (χ2n) is 7.98. The largest absolute Gasteiger partial charge is 0.490 e. The van der Waals surface area contributed by atoms with E-state index in [1.165, 1.54) is 0 Å². The number of carboxylic acid groups (broad SMARTS) is 2. The average Bonchev–Trinajstić information content (AvgIpc) is 3.28. The van der Waals surface area contributed by atoms with Gasteiger partial charge in [-0.1, -0.05) is 6.07 Å². The summed E-state index contributed by atoms with van der Waals surface area (Å²) < 4.78 is 75.3. The lowest BCUT2D eigenvalue weighted by Crippen LogP contribution is -2.50. The molecule has 3 unspecified atom stereocenters. The molecule has 3 atom stereocenters. The quantitative estimate of drug-likeness (QED) is 0.531. The summed E-state index contributed by atoms with van der Waals surface area (Å²) in [5.74, 6) is -5.12. The van der Waals surface area contributed by atoms with Gasteiger partial charge in [0.15, 0.2) is 0 Å². The maximum atomic E-state index is 10.6. The van der Waals surface area contributed by atoms with Crippen molar-refractivity contribution < 1.29 is 55.6 Å². The second-order valence-corrected chi connectivity index (χ2v) is 7.98. The van der Waals surface area contributed by atoms with Gasteiger partial charge in [0.2, 0.25) is 0 Å². The fourth-order valence-electron chi connectivity index (χ4n) is 3.75. The van der Waals surface area contributed by atoms with Crippen molar-refractivity contribution in [2.45, 2.75) is 43.9 Å². The number of aliphatic carboxylic acids is 2. The van der Waals surface area contributed by atoms with E-state index < -0.39 is 24.3 Å². The van der Waals surface area contributed by atoms with Crippen LogP contribution in [0, 0.1) is 5.92 Å². The van der Waals surface area contributed by atoms with Gasteiger partial charge in [-0.25, -0.2) is 19.6 Å². The summed E-state index contributed by atoms with van der Waals surface area (Å²) in [4.78, 5) is 33.0. The maximum Gasteiger partial charge on any atom is 0.490 e. The van der Waals surface area contributed by atoms with Crippen molar-refractivity contribution in [2.24, 2.45) is 5.92 Å². The summed E-state index contributed by atoms with van der Waals surface area (Å²) in [7, 11) is 0. The summed E-state index contributed by atoms with van der Waals surface area (Å²) >= 11 is 0. The standard InChI is InChI=1S/C18H22N4O2.2C2HF3O2/c1-2-7-19-15(4-1)12-22-10-11-23-17-14(5-6-16(17)22)13-24-18-20-8-3-9-21-18;2*3-2(4,5)1(6)7/h1-4,7-9,14,16-17H,5-6,10-13H2;2*(H,6,7). The smallest absolute Gasteiger partial charge is 0.475 e. The van der Waals surface area contributed by atoms with Crippen LogP contribution in [0.4, 0.5) is 26.3 Å². The molecule has 0 amide bonds. The number of halogens is 6. The zero-order valence-corrected chi connectivity index (χ0v) is 19.6. The van der Waals surface area contributed by atoms with Crippen LogP contribution in [-0.4, -0.2) is 86.3 Å². The van der Waals surface area contributed by atoms with Gasteiger partial charge in [0.05, 0.1) is 25.0 Å². The minimum atomic E-state index is -5.08. The number of alkyl halides is 6. The molecule has 1 aliphatic heterocycles. The topological polar surface area (TPSA) is 135 Å². The summed E-state index contributed by atoms with van der Waals surface area (Å²) in [6.07, 6.45) is -2.43. The molecule has 0 spiro atoms. The highest BCUT2D eigenvalue weighted by atomic mass is 19.4. The zero-order chi connectivity index (χ0) is 28.3. The van der Waals surface area contributed by atoms with Crippen LogP contribution in [0.25, 0.3) is 0 Å². The molecule has 1 saturated carbocycles. The number of hydrogen-bond acceptors (Lipinski definition) is 8. The third kappa shape index (κ3) is 10.1. The van der Waals surface area contributed by atoms with Crippen LogP contribution < -0.4 is 4.74 Å². The number of morpholine rings is 1. The van der Waals surface area contributed by atoms with E-state index >= 15 is 0 Å². The lowest BCUT2D eigenvalue weighted by Gasteiger charge is -2.39. The van der Waals surface area contributed by atoms with Crippen LogP contribution >= 0.6 is 0 Å². The van der Waals surface area contributed by atoms with E-state index in [2.05, 4.69) is 25.9 Å². The molecular formula is C22H24F6N4O6. The Morgan fingerprint density at radius 2 is 1.53 bits per heavy atom. The summed E-state index contributed by atoms with van der Waals surface area (Å²) in [6, 6.07) is 8.78. The first-order valence-electron chi connectivity index (χ1n) is 11.0. The Morgan fingerprint density at radius 3 is 2.05 bits per heavy atom. The number of hydrogen-bond donors (Lipinski definition) is 2. The number of fused-ring (bicyclic) bond motifs is 1. The van der Waals surface area contributed by atoms with Crippen molar-refractivity contribution in [3.05, 3.63) is 48.5 Å². The Morgan fingerprint density at radius 1 is 0.947 bits per heavy atom. The minimum absolute atomic E-state index is 0.228. The van der Waals surface area contributed by atoms with Crippen molar-refractivity contribution in [3.63, 3.8) is 0 Å². The van der Waals surface area contributed by atoms with E-state index in [0.717, 1.165) is 38.2 Å². The predicted octanol–water partition coefficient (Wildman–Crippen LogP) is 3.20. The molecule has 2 aliphatic rings. The van der Waals surface area contributed by atoms with Gasteiger partial charge in [0.1, 0.15) is 0 Å². The van der Waals surface area contributed by atoms with Crippen LogP contribution in [0.15, 0.2) is 42.9 Å². The van der Waals surface area contributed by atoms with Gasteiger partial charge in [-0.15, -0.1) is 0 Å². The van der Waals surface area contributed by atoms with Crippen LogP contribution in [0.5, 0.6) is 6.01 Å². The van der Waals surface area contributed by atoms with Crippen LogP contribution in [0.1, 0.15) is 18.5 Å². The molecule has 1 saturated heterocycles. The molecule has 2 fully saturated rings. The number of ether oxygens (including phenoxy) is 2. The number of aromatic nitrogens is 3. The average molecular weight is 554 g/mol. The van der Waals surface area contributed by atoms with Crippen molar-refractivity contribution in [1.29, 1.82) is 0 Å². The van der Waals surface area contributed by atoms with Gasteiger partial charge >= 0.3 is 30.3 Å². The molecule has 0 radical (unpaired) electrons. The Hall–Kier alpha value is -3.53. The number of nitrogens with zero attached hydrogens (tertiary/aromatic N) is 4. The monoisotopic (exact) mass is 554 g/mol. The molecule has 16 heteroatoms. The Kier molecular flexibility index (Phi) is 11.2. The van der Waals surface area contributed by atoms with Gasteiger partial charge in [0, 0.05) is 43.6 Å². The Balaban J connectivity index is 0.000000301. The van der Waals surface area contributed by atoms with E-state index in [0.29, 0.717) is 24.6 Å². The third-order valence-electron chi connectivity index (χ3n) is 5.38. The van der Waals surface area contributed by atoms with E-state index in [1.807, 2.05) is 18.3 Å². The first kappa shape index (κ1) is 30.7. The van der Waals surface area contributed by atoms with Crippen molar-refractivity contribution >= 4 is 11.9 Å². The van der Waals surface area contributed by atoms with E-state index in [4.69, 9.17) is 29.3 Å². The SMILES string of the molecule is O=C(O)C(F)(F)F.O=C(O)C(F)(F)F.c1ccc(CN2CCOC3C(COc4ncccn4)CCC32)nc1. The van der Waals surface area contributed by atoms with Crippen LogP contribution in [0.2, 0.25) is 0 Å². The number of carbonyl (C=O) groups is 2. The normalized spacial score (nSPS) is 21.2. The summed E-state index contributed by atoms with van der Waals surface area (Å²) in [6.45, 7) is 3.24. The van der Waals surface area contributed by atoms with Crippen molar-refractivity contribution in [1.82, 2.24) is 19.9 Å². The first-order valence-corrected chi connectivity index (χ1v) is 11.0. The zero-order valence-electron chi connectivity index (χ0n) is 19.6. The Labute approximate surface area is 212 Å². The number of rotatable bonds is 5. The molecule has 3 heterocycles. The van der Waals surface area contributed by atoms with Gasteiger partial charge in [-0.05, 0) is 31.0 Å². The molecule has 2 aromatic heterocycles. The lowest BCUT2D eigenvalue weighted by molar-refractivity contribution is -0.193. The summed E-state index contributed by atoms with van der Waals surface area (Å²) in [5.41, 5.74) is 1.12. The summed E-state index contributed by atoms with van der Waals surface area (Å²) in [5, 5.41) is 14.2. The van der Waals surface area contributed by atoms with Crippen molar-refractivity contribution in [2.75, 3.05) is 19.8 Å². The highest BCUT2D eigenvalue weighted by Crippen LogP contribution is 2.35. The molecule has 4 rings (SSSR count). The van der Waals surface area contributed by atoms with Gasteiger partial charge in [-0.3, -0.25) is 9.88 Å². The Bertz CT molecular complexity index is 989. The fourth-order valence-corrected chi connectivity index (χ4v) is 3.75. The number of carboxylic acids is 2. The maximum absolute atomic E-state index is 10.6. The minimum Gasteiger partial charge on any atom is -0.475 e. The lowest BCUT2D eigenvalue weighted by atomic mass is 10.0. The van der Waals surface area contributed by atoms with Crippen LogP contribution in [-0.2, 0) is 20.9 Å². The predicted molar refractivity (Wildman–Crippen MR) is 116 cm³/mol. The van der Waals surface area contributed by atoms with Gasteiger partial charge in [0.25, 0.3) is 0 Å². The van der Waals surface area contributed by atoms with E-state index in [1.54, 1.807) is 18.5 Å². The molecule has 38 heavy (non-hydrogen) atoms. The molecule has 210 valence electrons. The molecule has 2 N–H and O–H groups in total. The van der Waals surface area contributed by atoms with Gasteiger partial charge in [-0.2, -0.15) is 26.3 Å². The third-order valence-corrected chi connectivity index (χ3v) is 5.38. The first-order chi connectivity index (χ1) is 17.8. The van der Waals surface area contributed by atoms with Crippen LogP contribution in [0.3, 0.4) is 0 Å². The fraction of sp³-hybridized carbons (Fsp3) is 0.500. The highest BCUT2D eigenvalue weighted by Gasteiger charge is 2.43. The van der Waals surface area contributed by atoms with E-state index in [9.17, 15) is 26.3 Å². The molecule has 0 bridgehead atoms. The van der Waals surface area contributed by atoms with Crippen molar-refractivity contribution in [3.8, 4) is 6.01 Å².